The van der Waals surface area contributed by atoms with Crippen molar-refractivity contribution in [2.75, 3.05) is 26.2 Å². The van der Waals surface area contributed by atoms with E-state index >= 15 is 0 Å². The van der Waals surface area contributed by atoms with Gasteiger partial charge in [-0.15, -0.1) is 0 Å². The highest BCUT2D eigenvalue weighted by atomic mass is 79.9. The van der Waals surface area contributed by atoms with Gasteiger partial charge in [0, 0.05) is 39.8 Å². The first-order chi connectivity index (χ1) is 11.9. The molecule has 2 heterocycles. The van der Waals surface area contributed by atoms with Gasteiger partial charge in [0.2, 0.25) is 0 Å². The number of aromatic nitrogens is 2. The molecule has 2 aromatic rings. The quantitative estimate of drug-likeness (QED) is 0.722. The van der Waals surface area contributed by atoms with Crippen LogP contribution in [0.1, 0.15) is 21.7 Å². The molecule has 0 radical (unpaired) electrons. The predicted molar refractivity (Wildman–Crippen MR) is 103 cm³/mol. The van der Waals surface area contributed by atoms with Gasteiger partial charge in [0.05, 0.1) is 20.2 Å². The number of amides is 1. The maximum atomic E-state index is 12.7. The summed E-state index contributed by atoms with van der Waals surface area (Å²) in [4.78, 5) is 16.9. The monoisotopic (exact) mass is 444 g/mol. The molecule has 1 saturated heterocycles. The van der Waals surface area contributed by atoms with Crippen molar-refractivity contribution >= 4 is 45.0 Å². The Morgan fingerprint density at radius 2 is 1.88 bits per heavy atom. The molecule has 3 rings (SSSR count). The molecule has 1 aliphatic heterocycles. The Morgan fingerprint density at radius 3 is 2.44 bits per heavy atom. The van der Waals surface area contributed by atoms with Crippen LogP contribution in [0.3, 0.4) is 0 Å². The summed E-state index contributed by atoms with van der Waals surface area (Å²) in [6, 6.07) is 5.70. The number of carbonyl (C=O) groups is 1. The molecule has 0 unspecified atom stereocenters. The van der Waals surface area contributed by atoms with E-state index in [2.05, 4.69) is 25.9 Å². The van der Waals surface area contributed by atoms with E-state index in [1.165, 1.54) is 0 Å². The summed E-state index contributed by atoms with van der Waals surface area (Å²) in [7, 11) is 1.84. The molecule has 5 nitrogen and oxygen atoms in total. The predicted octanol–water partition coefficient (Wildman–Crippen LogP) is 3.76. The fourth-order valence-electron chi connectivity index (χ4n) is 2.87. The molecule has 1 aliphatic rings. The molecular formula is C17H19BrCl2N4O. The minimum Gasteiger partial charge on any atom is -0.335 e. The van der Waals surface area contributed by atoms with E-state index in [9.17, 15) is 4.79 Å². The summed E-state index contributed by atoms with van der Waals surface area (Å²) in [5.41, 5.74) is 2.55. The highest BCUT2D eigenvalue weighted by Crippen LogP contribution is 2.24. The van der Waals surface area contributed by atoms with Crippen LogP contribution in [0, 0.1) is 6.92 Å². The van der Waals surface area contributed by atoms with Crippen LogP contribution in [0.5, 0.6) is 0 Å². The van der Waals surface area contributed by atoms with Crippen LogP contribution in [0.4, 0.5) is 0 Å². The fraction of sp³-hybridized carbons (Fsp3) is 0.412. The minimum atomic E-state index is -0.0234. The van der Waals surface area contributed by atoms with Gasteiger partial charge in [-0.3, -0.25) is 14.4 Å². The Labute approximate surface area is 165 Å². The third kappa shape index (κ3) is 4.03. The molecule has 1 amide bonds. The normalized spacial score (nSPS) is 15.6. The van der Waals surface area contributed by atoms with Crippen molar-refractivity contribution in [3.8, 4) is 0 Å². The molecule has 1 aromatic carbocycles. The zero-order valence-corrected chi connectivity index (χ0v) is 17.2. The van der Waals surface area contributed by atoms with Crippen LogP contribution in [0.15, 0.2) is 22.7 Å². The molecule has 1 aromatic heterocycles. The van der Waals surface area contributed by atoms with Crippen LogP contribution in [-0.2, 0) is 13.6 Å². The first-order valence-electron chi connectivity index (χ1n) is 8.01. The van der Waals surface area contributed by atoms with E-state index in [0.29, 0.717) is 28.8 Å². The van der Waals surface area contributed by atoms with Crippen molar-refractivity contribution in [1.29, 1.82) is 0 Å². The van der Waals surface area contributed by atoms with Gasteiger partial charge in [-0.05, 0) is 40.5 Å². The topological polar surface area (TPSA) is 41.4 Å². The highest BCUT2D eigenvalue weighted by molar-refractivity contribution is 9.10. The summed E-state index contributed by atoms with van der Waals surface area (Å²) >= 11 is 15.5. The van der Waals surface area contributed by atoms with Crippen molar-refractivity contribution < 1.29 is 4.79 Å². The van der Waals surface area contributed by atoms with Crippen molar-refractivity contribution in [3.63, 3.8) is 0 Å². The molecule has 0 spiro atoms. The van der Waals surface area contributed by atoms with Gasteiger partial charge in [-0.1, -0.05) is 29.3 Å². The maximum Gasteiger partial charge on any atom is 0.275 e. The molecule has 0 atom stereocenters. The Balaban J connectivity index is 1.60. The van der Waals surface area contributed by atoms with E-state index < -0.39 is 0 Å². The summed E-state index contributed by atoms with van der Waals surface area (Å²) in [6.45, 7) is 5.73. The zero-order valence-electron chi connectivity index (χ0n) is 14.1. The van der Waals surface area contributed by atoms with Gasteiger partial charge in [-0.25, -0.2) is 0 Å². The van der Waals surface area contributed by atoms with Crippen LogP contribution in [0.25, 0.3) is 0 Å². The first kappa shape index (κ1) is 18.7. The number of benzene rings is 1. The van der Waals surface area contributed by atoms with Gasteiger partial charge in [0.25, 0.3) is 5.91 Å². The fourth-order valence-corrected chi connectivity index (χ4v) is 3.70. The van der Waals surface area contributed by atoms with E-state index in [0.717, 1.165) is 35.4 Å². The number of piperazine rings is 1. The second kappa shape index (κ2) is 7.66. The summed E-state index contributed by atoms with van der Waals surface area (Å²) in [5.74, 6) is -0.0234. The molecule has 0 saturated carbocycles. The Hall–Kier alpha value is -1.08. The zero-order chi connectivity index (χ0) is 18.1. The largest absolute Gasteiger partial charge is 0.335 e. The Bertz CT molecular complexity index is 800. The minimum absolute atomic E-state index is 0.0234. The molecule has 134 valence electrons. The molecule has 25 heavy (non-hydrogen) atoms. The SMILES string of the molecule is Cc1c(Br)c(C(=O)N2CCN(Cc3ccc(Cl)c(Cl)c3)CC2)nn1C. The lowest BCUT2D eigenvalue weighted by atomic mass is 10.2. The van der Waals surface area contributed by atoms with Gasteiger partial charge in [-0.2, -0.15) is 5.10 Å². The second-order valence-corrected chi connectivity index (χ2v) is 7.80. The van der Waals surface area contributed by atoms with Gasteiger partial charge in [0.1, 0.15) is 0 Å². The molecule has 0 aliphatic carbocycles. The summed E-state index contributed by atoms with van der Waals surface area (Å²) in [5, 5.41) is 5.47. The third-order valence-corrected chi connectivity index (χ3v) is 6.20. The first-order valence-corrected chi connectivity index (χ1v) is 9.56. The lowest BCUT2D eigenvalue weighted by Gasteiger charge is -2.34. The van der Waals surface area contributed by atoms with Crippen molar-refractivity contribution in [1.82, 2.24) is 19.6 Å². The van der Waals surface area contributed by atoms with Gasteiger partial charge < -0.3 is 4.90 Å². The van der Waals surface area contributed by atoms with Gasteiger partial charge in [0.15, 0.2) is 5.69 Å². The standard InChI is InChI=1S/C17H19BrCl2N4O/c1-11-15(18)16(21-22(11)2)17(25)24-7-5-23(6-8-24)10-12-3-4-13(19)14(20)9-12/h3-4,9H,5-8,10H2,1-2H3. The number of hydrogen-bond acceptors (Lipinski definition) is 3. The number of nitrogens with zero attached hydrogens (tertiary/aromatic N) is 4. The lowest BCUT2D eigenvalue weighted by molar-refractivity contribution is 0.0621. The van der Waals surface area contributed by atoms with E-state index in [4.69, 9.17) is 23.2 Å². The van der Waals surface area contributed by atoms with Crippen molar-refractivity contribution in [3.05, 3.63) is 49.7 Å². The Kier molecular flexibility index (Phi) is 5.73. The number of halogens is 3. The average molecular weight is 446 g/mol. The lowest BCUT2D eigenvalue weighted by Crippen LogP contribution is -2.48. The van der Waals surface area contributed by atoms with E-state index in [1.54, 1.807) is 4.68 Å². The van der Waals surface area contributed by atoms with Crippen LogP contribution >= 0.6 is 39.1 Å². The smallest absolute Gasteiger partial charge is 0.275 e. The summed E-state index contributed by atoms with van der Waals surface area (Å²) in [6.07, 6.45) is 0. The molecule has 0 bridgehead atoms. The van der Waals surface area contributed by atoms with Crippen molar-refractivity contribution in [2.24, 2.45) is 7.05 Å². The molecular weight excluding hydrogens is 427 g/mol. The van der Waals surface area contributed by atoms with E-state index in [1.807, 2.05) is 37.1 Å². The number of aryl methyl sites for hydroxylation is 1. The van der Waals surface area contributed by atoms with E-state index in [-0.39, 0.29) is 5.91 Å². The molecule has 1 fully saturated rings. The van der Waals surface area contributed by atoms with Gasteiger partial charge >= 0.3 is 0 Å². The summed E-state index contributed by atoms with van der Waals surface area (Å²) < 4.78 is 2.50. The third-order valence-electron chi connectivity index (χ3n) is 4.51. The molecule has 8 heteroatoms. The number of carbonyl (C=O) groups excluding carboxylic acids is 1. The van der Waals surface area contributed by atoms with Crippen LogP contribution in [0.2, 0.25) is 10.0 Å². The van der Waals surface area contributed by atoms with Crippen LogP contribution in [-0.4, -0.2) is 51.7 Å². The number of hydrogen-bond donors (Lipinski definition) is 0. The average Bonchev–Trinajstić information content (AvgIpc) is 2.86. The Morgan fingerprint density at radius 1 is 1.20 bits per heavy atom. The van der Waals surface area contributed by atoms with Crippen molar-refractivity contribution in [2.45, 2.75) is 13.5 Å². The second-order valence-electron chi connectivity index (χ2n) is 6.19. The molecule has 0 N–H and O–H groups in total. The number of rotatable bonds is 3. The highest BCUT2D eigenvalue weighted by Gasteiger charge is 2.26. The van der Waals surface area contributed by atoms with Crippen LogP contribution < -0.4 is 0 Å². The maximum absolute atomic E-state index is 12.7.